The number of rotatable bonds is 6. The Kier molecular flexibility index (Phi) is 5.55. The highest BCUT2D eigenvalue weighted by molar-refractivity contribution is 5.81. The van der Waals surface area contributed by atoms with Crippen LogP contribution in [0.3, 0.4) is 0 Å². The van der Waals surface area contributed by atoms with Crippen molar-refractivity contribution in [2.75, 3.05) is 6.54 Å². The number of fused-ring (bicyclic) bond motifs is 1. The van der Waals surface area contributed by atoms with Gasteiger partial charge in [-0.05, 0) is 30.9 Å². The van der Waals surface area contributed by atoms with Crippen molar-refractivity contribution in [3.05, 3.63) is 62.4 Å². The molecular formula is C19H23N3O4. The SMILES string of the molecule is CCCCN(Cc1c[nH]c(=O)[nH]c1=O)C(=O)C1CCc2ccccc2O1. The lowest BCUT2D eigenvalue weighted by molar-refractivity contribution is -0.140. The smallest absolute Gasteiger partial charge is 0.325 e. The van der Waals surface area contributed by atoms with E-state index in [0.29, 0.717) is 18.5 Å². The third kappa shape index (κ3) is 4.04. The number of aromatic nitrogens is 2. The average Bonchev–Trinajstić information content (AvgIpc) is 2.65. The molecular weight excluding hydrogens is 334 g/mol. The predicted molar refractivity (Wildman–Crippen MR) is 97.2 cm³/mol. The molecule has 0 radical (unpaired) electrons. The number of H-pyrrole nitrogens is 2. The van der Waals surface area contributed by atoms with Crippen LogP contribution in [0.2, 0.25) is 0 Å². The quantitative estimate of drug-likeness (QED) is 0.821. The highest BCUT2D eigenvalue weighted by Crippen LogP contribution is 2.28. The minimum absolute atomic E-state index is 0.126. The van der Waals surface area contributed by atoms with Crippen molar-refractivity contribution >= 4 is 5.91 Å². The number of amides is 1. The molecule has 2 heterocycles. The fourth-order valence-corrected chi connectivity index (χ4v) is 3.08. The van der Waals surface area contributed by atoms with Gasteiger partial charge in [0.2, 0.25) is 0 Å². The van der Waals surface area contributed by atoms with Gasteiger partial charge >= 0.3 is 5.69 Å². The van der Waals surface area contributed by atoms with Crippen LogP contribution >= 0.6 is 0 Å². The van der Waals surface area contributed by atoms with Crippen LogP contribution < -0.4 is 16.0 Å². The van der Waals surface area contributed by atoms with Gasteiger partial charge in [-0.15, -0.1) is 0 Å². The molecule has 1 aliphatic rings. The zero-order valence-electron chi connectivity index (χ0n) is 14.8. The Balaban J connectivity index is 1.77. The van der Waals surface area contributed by atoms with E-state index in [2.05, 4.69) is 9.97 Å². The molecule has 2 aromatic rings. The summed E-state index contributed by atoms with van der Waals surface area (Å²) in [6, 6.07) is 7.73. The second-order valence-corrected chi connectivity index (χ2v) is 6.46. The van der Waals surface area contributed by atoms with Crippen LogP contribution in [0.1, 0.15) is 37.3 Å². The molecule has 0 aliphatic carbocycles. The number of carbonyl (C=O) groups excluding carboxylic acids is 1. The van der Waals surface area contributed by atoms with Gasteiger partial charge in [-0.1, -0.05) is 31.5 Å². The minimum Gasteiger partial charge on any atom is -0.480 e. The van der Waals surface area contributed by atoms with Crippen LogP contribution in [-0.4, -0.2) is 33.4 Å². The van der Waals surface area contributed by atoms with Gasteiger partial charge in [-0.2, -0.15) is 0 Å². The average molecular weight is 357 g/mol. The highest BCUT2D eigenvalue weighted by Gasteiger charge is 2.30. The molecule has 0 saturated carbocycles. The number of nitrogens with zero attached hydrogens (tertiary/aromatic N) is 1. The number of benzene rings is 1. The standard InChI is InChI=1S/C19H23N3O4/c1-2-3-10-22(12-14-11-20-19(25)21-17(14)23)18(24)16-9-8-13-6-4-5-7-15(13)26-16/h4-7,11,16H,2-3,8-10,12H2,1H3,(H2,20,21,23,25). The maximum absolute atomic E-state index is 13.0. The molecule has 1 unspecified atom stereocenters. The van der Waals surface area contributed by atoms with E-state index < -0.39 is 17.4 Å². The molecule has 2 N–H and O–H groups in total. The van der Waals surface area contributed by atoms with Gasteiger partial charge in [-0.25, -0.2) is 4.79 Å². The normalized spacial score (nSPS) is 15.8. The van der Waals surface area contributed by atoms with Crippen LogP contribution in [0.4, 0.5) is 0 Å². The van der Waals surface area contributed by atoms with Gasteiger partial charge in [0.1, 0.15) is 5.75 Å². The van der Waals surface area contributed by atoms with Crippen LogP contribution in [0, 0.1) is 0 Å². The third-order valence-electron chi connectivity index (χ3n) is 4.54. The Hall–Kier alpha value is -2.83. The van der Waals surface area contributed by atoms with E-state index in [1.807, 2.05) is 31.2 Å². The number of hydrogen-bond donors (Lipinski definition) is 2. The van der Waals surface area contributed by atoms with Crippen molar-refractivity contribution in [3.63, 3.8) is 0 Å². The number of hydrogen-bond acceptors (Lipinski definition) is 4. The van der Waals surface area contributed by atoms with E-state index in [9.17, 15) is 14.4 Å². The van der Waals surface area contributed by atoms with Crippen LogP contribution in [0.5, 0.6) is 5.75 Å². The van der Waals surface area contributed by atoms with Gasteiger partial charge in [0.05, 0.1) is 12.1 Å². The van der Waals surface area contributed by atoms with E-state index in [1.165, 1.54) is 6.20 Å². The molecule has 1 aromatic heterocycles. The molecule has 1 aliphatic heterocycles. The molecule has 0 bridgehead atoms. The van der Waals surface area contributed by atoms with E-state index in [4.69, 9.17) is 4.74 Å². The number of unbranched alkanes of at least 4 members (excludes halogenated alkanes) is 1. The summed E-state index contributed by atoms with van der Waals surface area (Å²) in [6.45, 7) is 2.73. The van der Waals surface area contributed by atoms with Gasteiger partial charge in [0, 0.05) is 12.7 Å². The summed E-state index contributed by atoms with van der Waals surface area (Å²) in [7, 11) is 0. The first-order valence-corrected chi connectivity index (χ1v) is 8.92. The fourth-order valence-electron chi connectivity index (χ4n) is 3.08. The molecule has 1 atom stereocenters. The van der Waals surface area contributed by atoms with E-state index >= 15 is 0 Å². The van der Waals surface area contributed by atoms with Crippen LogP contribution in [0.25, 0.3) is 0 Å². The summed E-state index contributed by atoms with van der Waals surface area (Å²) in [4.78, 5) is 42.5. The molecule has 7 nitrogen and oxygen atoms in total. The molecule has 0 spiro atoms. The summed E-state index contributed by atoms with van der Waals surface area (Å²) in [5, 5.41) is 0. The topological polar surface area (TPSA) is 95.3 Å². The lowest BCUT2D eigenvalue weighted by Gasteiger charge is -2.30. The van der Waals surface area contributed by atoms with Gasteiger partial charge in [0.25, 0.3) is 11.5 Å². The summed E-state index contributed by atoms with van der Waals surface area (Å²) < 4.78 is 5.91. The van der Waals surface area contributed by atoms with Crippen molar-refractivity contribution in [1.82, 2.24) is 14.9 Å². The first kappa shape index (κ1) is 18.0. The molecule has 0 fully saturated rings. The molecule has 1 amide bonds. The van der Waals surface area contributed by atoms with E-state index in [1.54, 1.807) is 4.90 Å². The number of nitrogens with one attached hydrogen (secondary N) is 2. The summed E-state index contributed by atoms with van der Waals surface area (Å²) >= 11 is 0. The lowest BCUT2D eigenvalue weighted by Crippen LogP contribution is -2.44. The zero-order valence-corrected chi connectivity index (χ0v) is 14.8. The summed E-state index contributed by atoms with van der Waals surface area (Å²) in [5.74, 6) is 0.619. The Morgan fingerprint density at radius 1 is 1.31 bits per heavy atom. The largest absolute Gasteiger partial charge is 0.480 e. The molecule has 138 valence electrons. The molecule has 7 heteroatoms. The number of carbonyl (C=O) groups is 1. The van der Waals surface area contributed by atoms with Gasteiger partial charge < -0.3 is 14.6 Å². The van der Waals surface area contributed by atoms with Gasteiger partial charge in [0.15, 0.2) is 6.10 Å². The number of aromatic amines is 2. The Morgan fingerprint density at radius 3 is 2.88 bits per heavy atom. The van der Waals surface area contributed by atoms with Crippen molar-refractivity contribution in [3.8, 4) is 5.75 Å². The number of para-hydroxylation sites is 1. The van der Waals surface area contributed by atoms with Gasteiger partial charge in [-0.3, -0.25) is 14.6 Å². The van der Waals surface area contributed by atoms with E-state index in [0.717, 1.165) is 30.6 Å². The second-order valence-electron chi connectivity index (χ2n) is 6.46. The summed E-state index contributed by atoms with van der Waals surface area (Å²) in [5.41, 5.74) is 0.425. The maximum Gasteiger partial charge on any atom is 0.325 e. The maximum atomic E-state index is 13.0. The first-order valence-electron chi connectivity index (χ1n) is 8.92. The first-order chi connectivity index (χ1) is 12.6. The fraction of sp³-hybridized carbons (Fsp3) is 0.421. The lowest BCUT2D eigenvalue weighted by atomic mass is 10.0. The highest BCUT2D eigenvalue weighted by atomic mass is 16.5. The van der Waals surface area contributed by atoms with Crippen LogP contribution in [0.15, 0.2) is 40.1 Å². The Labute approximate surface area is 151 Å². The van der Waals surface area contributed by atoms with Crippen molar-refractivity contribution in [2.45, 2.75) is 45.3 Å². The van der Waals surface area contributed by atoms with Crippen molar-refractivity contribution in [2.24, 2.45) is 0 Å². The van der Waals surface area contributed by atoms with Crippen LogP contribution in [-0.2, 0) is 17.8 Å². The molecule has 0 saturated heterocycles. The molecule has 1 aromatic carbocycles. The number of ether oxygens (including phenoxy) is 1. The predicted octanol–water partition coefficient (Wildman–Crippen LogP) is 1.59. The zero-order chi connectivity index (χ0) is 18.5. The van der Waals surface area contributed by atoms with Crippen molar-refractivity contribution < 1.29 is 9.53 Å². The number of aryl methyl sites for hydroxylation is 1. The second kappa shape index (κ2) is 8.03. The molecule has 26 heavy (non-hydrogen) atoms. The Bertz CT molecular complexity index is 887. The third-order valence-corrected chi connectivity index (χ3v) is 4.54. The summed E-state index contributed by atoms with van der Waals surface area (Å²) in [6.07, 6.45) is 3.97. The van der Waals surface area contributed by atoms with E-state index in [-0.39, 0.29) is 12.5 Å². The van der Waals surface area contributed by atoms with Crippen molar-refractivity contribution in [1.29, 1.82) is 0 Å². The monoisotopic (exact) mass is 357 g/mol. The Morgan fingerprint density at radius 2 is 2.12 bits per heavy atom. The minimum atomic E-state index is -0.558. The molecule has 3 rings (SSSR count).